The van der Waals surface area contributed by atoms with Gasteiger partial charge < -0.3 is 15.0 Å². The molecular formula is C15H19BrN2O3. The van der Waals surface area contributed by atoms with E-state index in [0.717, 1.165) is 22.9 Å². The van der Waals surface area contributed by atoms with E-state index in [2.05, 4.69) is 21.2 Å². The fourth-order valence-electron chi connectivity index (χ4n) is 2.29. The first kappa shape index (κ1) is 16.0. The Kier molecular flexibility index (Phi) is 5.76. The molecule has 1 aromatic rings. The lowest BCUT2D eigenvalue weighted by Crippen LogP contribution is -2.54. The minimum absolute atomic E-state index is 0.0212. The molecule has 0 aromatic heterocycles. The molecule has 0 saturated carbocycles. The van der Waals surface area contributed by atoms with Crippen molar-refractivity contribution in [3.05, 3.63) is 28.2 Å². The number of aldehydes is 1. The highest BCUT2D eigenvalue weighted by molar-refractivity contribution is 9.10. The van der Waals surface area contributed by atoms with E-state index in [1.165, 1.54) is 0 Å². The Morgan fingerprint density at radius 3 is 3.05 bits per heavy atom. The van der Waals surface area contributed by atoms with Gasteiger partial charge in [0.1, 0.15) is 6.04 Å². The number of nitrogens with zero attached hydrogens (tertiary/aromatic N) is 1. The van der Waals surface area contributed by atoms with Crippen molar-refractivity contribution in [3.63, 3.8) is 0 Å². The second-order valence-electron chi connectivity index (χ2n) is 4.90. The third-order valence-electron chi connectivity index (χ3n) is 3.42. The van der Waals surface area contributed by atoms with Crippen molar-refractivity contribution < 1.29 is 14.3 Å². The van der Waals surface area contributed by atoms with Gasteiger partial charge in [0.15, 0.2) is 6.29 Å². The summed E-state index contributed by atoms with van der Waals surface area (Å²) < 4.78 is 6.17. The van der Waals surface area contributed by atoms with Crippen LogP contribution in [0.2, 0.25) is 0 Å². The van der Waals surface area contributed by atoms with Crippen LogP contribution in [0, 0.1) is 0 Å². The standard InChI is InChI=1S/C15H19BrN2O3/c1-2-5-17-15(20)14-10-21-7-6-18(14)12-4-3-11(9-19)13(16)8-12/h3-4,8-9,14H,2,5-7,10H2,1H3,(H,17,20). The van der Waals surface area contributed by atoms with Crippen molar-refractivity contribution in [2.45, 2.75) is 19.4 Å². The van der Waals surface area contributed by atoms with Crippen LogP contribution >= 0.6 is 15.9 Å². The summed E-state index contributed by atoms with van der Waals surface area (Å²) in [5.41, 5.74) is 1.51. The van der Waals surface area contributed by atoms with E-state index in [4.69, 9.17) is 4.74 Å². The van der Waals surface area contributed by atoms with E-state index < -0.39 is 0 Å². The number of morpholine rings is 1. The third kappa shape index (κ3) is 3.83. The highest BCUT2D eigenvalue weighted by Crippen LogP contribution is 2.26. The minimum Gasteiger partial charge on any atom is -0.377 e. The zero-order chi connectivity index (χ0) is 15.2. The predicted octanol–water partition coefficient (Wildman–Crippen LogP) is 1.99. The number of halogens is 1. The van der Waals surface area contributed by atoms with Gasteiger partial charge in [-0.15, -0.1) is 0 Å². The Labute approximate surface area is 132 Å². The molecule has 1 unspecified atom stereocenters. The maximum Gasteiger partial charge on any atom is 0.245 e. The molecule has 2 rings (SSSR count). The summed E-state index contributed by atoms with van der Waals surface area (Å²) in [4.78, 5) is 25.1. The molecule has 1 aliphatic rings. The van der Waals surface area contributed by atoms with Crippen molar-refractivity contribution in [2.24, 2.45) is 0 Å². The highest BCUT2D eigenvalue weighted by atomic mass is 79.9. The molecule has 0 aliphatic carbocycles. The van der Waals surface area contributed by atoms with Gasteiger partial charge in [0.05, 0.1) is 13.2 Å². The lowest BCUT2D eigenvalue weighted by atomic mass is 10.1. The van der Waals surface area contributed by atoms with Crippen LogP contribution in [0.4, 0.5) is 5.69 Å². The van der Waals surface area contributed by atoms with E-state index in [9.17, 15) is 9.59 Å². The predicted molar refractivity (Wildman–Crippen MR) is 84.8 cm³/mol. The molecule has 1 saturated heterocycles. The summed E-state index contributed by atoms with van der Waals surface area (Å²) in [6.07, 6.45) is 1.71. The number of benzene rings is 1. The van der Waals surface area contributed by atoms with Gasteiger partial charge >= 0.3 is 0 Å². The van der Waals surface area contributed by atoms with Crippen LogP contribution < -0.4 is 10.2 Å². The highest BCUT2D eigenvalue weighted by Gasteiger charge is 2.29. The number of nitrogens with one attached hydrogen (secondary N) is 1. The quantitative estimate of drug-likeness (QED) is 0.821. The Morgan fingerprint density at radius 2 is 2.38 bits per heavy atom. The Hall–Kier alpha value is -1.40. The van der Waals surface area contributed by atoms with Crippen molar-refractivity contribution in [3.8, 4) is 0 Å². The molecule has 0 bridgehead atoms. The number of carbonyl (C=O) groups excluding carboxylic acids is 2. The molecule has 6 heteroatoms. The fourth-order valence-corrected chi connectivity index (χ4v) is 2.75. The van der Waals surface area contributed by atoms with Gasteiger partial charge in [-0.2, -0.15) is 0 Å². The number of rotatable bonds is 5. The Morgan fingerprint density at radius 1 is 1.57 bits per heavy atom. The van der Waals surface area contributed by atoms with E-state index >= 15 is 0 Å². The maximum absolute atomic E-state index is 12.2. The number of hydrogen-bond acceptors (Lipinski definition) is 4. The molecule has 1 fully saturated rings. The first-order chi connectivity index (χ1) is 10.2. The first-order valence-corrected chi connectivity index (χ1v) is 7.83. The molecular weight excluding hydrogens is 336 g/mol. The summed E-state index contributed by atoms with van der Waals surface area (Å²) in [5.74, 6) is -0.0212. The van der Waals surface area contributed by atoms with Gasteiger partial charge in [-0.1, -0.05) is 6.92 Å². The number of carbonyl (C=O) groups is 2. The average molecular weight is 355 g/mol. The molecule has 1 amide bonds. The second kappa shape index (κ2) is 7.56. The zero-order valence-electron chi connectivity index (χ0n) is 12.0. The van der Waals surface area contributed by atoms with Crippen LogP contribution in [0.5, 0.6) is 0 Å². The summed E-state index contributed by atoms with van der Waals surface area (Å²) in [6, 6.07) is 5.15. The van der Waals surface area contributed by atoms with Crippen LogP contribution in [0.3, 0.4) is 0 Å². The first-order valence-electron chi connectivity index (χ1n) is 7.04. The summed E-state index contributed by atoms with van der Waals surface area (Å²) in [5, 5.41) is 2.91. The number of hydrogen-bond donors (Lipinski definition) is 1. The molecule has 114 valence electrons. The normalized spacial score (nSPS) is 18.4. The van der Waals surface area contributed by atoms with Crippen LogP contribution in [0.15, 0.2) is 22.7 Å². The van der Waals surface area contributed by atoms with Gasteiger partial charge in [-0.3, -0.25) is 9.59 Å². The van der Waals surface area contributed by atoms with Gasteiger partial charge in [0.25, 0.3) is 0 Å². The molecule has 1 atom stereocenters. The van der Waals surface area contributed by atoms with E-state index in [-0.39, 0.29) is 11.9 Å². The molecule has 1 heterocycles. The lowest BCUT2D eigenvalue weighted by Gasteiger charge is -2.36. The second-order valence-corrected chi connectivity index (χ2v) is 5.75. The molecule has 5 nitrogen and oxygen atoms in total. The molecule has 21 heavy (non-hydrogen) atoms. The maximum atomic E-state index is 12.2. The smallest absolute Gasteiger partial charge is 0.245 e. The molecule has 0 spiro atoms. The summed E-state index contributed by atoms with van der Waals surface area (Å²) >= 11 is 3.38. The fraction of sp³-hybridized carbons (Fsp3) is 0.467. The zero-order valence-corrected chi connectivity index (χ0v) is 13.6. The van der Waals surface area contributed by atoms with Crippen LogP contribution in [0.25, 0.3) is 0 Å². The van der Waals surface area contributed by atoms with Crippen molar-refractivity contribution >= 4 is 33.8 Å². The third-order valence-corrected chi connectivity index (χ3v) is 4.11. The van der Waals surface area contributed by atoms with E-state index in [1.54, 1.807) is 6.07 Å². The molecule has 1 N–H and O–H groups in total. The Balaban J connectivity index is 2.20. The number of amides is 1. The molecule has 0 radical (unpaired) electrons. The monoisotopic (exact) mass is 354 g/mol. The summed E-state index contributed by atoms with van der Waals surface area (Å²) in [7, 11) is 0. The van der Waals surface area contributed by atoms with Crippen molar-refractivity contribution in [1.82, 2.24) is 5.32 Å². The van der Waals surface area contributed by atoms with E-state index in [0.29, 0.717) is 31.9 Å². The Bertz CT molecular complexity index is 522. The van der Waals surface area contributed by atoms with Crippen molar-refractivity contribution in [1.29, 1.82) is 0 Å². The average Bonchev–Trinajstić information content (AvgIpc) is 2.52. The number of anilines is 1. The van der Waals surface area contributed by atoms with Crippen LogP contribution in [-0.4, -0.2) is 44.5 Å². The van der Waals surface area contributed by atoms with Gasteiger partial charge in [-0.05, 0) is 40.5 Å². The number of ether oxygens (including phenoxy) is 1. The lowest BCUT2D eigenvalue weighted by molar-refractivity contribution is -0.124. The van der Waals surface area contributed by atoms with E-state index in [1.807, 2.05) is 24.0 Å². The topological polar surface area (TPSA) is 58.6 Å². The van der Waals surface area contributed by atoms with Gasteiger partial charge in [0, 0.05) is 28.8 Å². The SMILES string of the molecule is CCCNC(=O)C1COCCN1c1ccc(C=O)c(Br)c1. The minimum atomic E-state index is -0.334. The van der Waals surface area contributed by atoms with Crippen molar-refractivity contribution in [2.75, 3.05) is 31.2 Å². The van der Waals surface area contributed by atoms with Gasteiger partial charge in [0.2, 0.25) is 5.91 Å². The van der Waals surface area contributed by atoms with Gasteiger partial charge in [-0.25, -0.2) is 0 Å². The molecule has 1 aromatic carbocycles. The van der Waals surface area contributed by atoms with Crippen LogP contribution in [0.1, 0.15) is 23.7 Å². The largest absolute Gasteiger partial charge is 0.377 e. The molecule has 1 aliphatic heterocycles. The summed E-state index contributed by atoms with van der Waals surface area (Å²) in [6.45, 7) is 4.30. The van der Waals surface area contributed by atoms with Crippen LogP contribution in [-0.2, 0) is 9.53 Å².